The maximum Gasteiger partial charge on any atom is 0.305 e. The van der Waals surface area contributed by atoms with E-state index in [1.807, 2.05) is 24.3 Å². The van der Waals surface area contributed by atoms with Crippen molar-refractivity contribution in [2.45, 2.75) is 26.1 Å². The summed E-state index contributed by atoms with van der Waals surface area (Å²) in [6.07, 6.45) is -0.237. The highest BCUT2D eigenvalue weighted by molar-refractivity contribution is 9.10. The van der Waals surface area contributed by atoms with E-state index in [2.05, 4.69) is 15.9 Å². The molecule has 0 aliphatic carbocycles. The van der Waals surface area contributed by atoms with Crippen LogP contribution in [0.2, 0.25) is 0 Å². The maximum absolute atomic E-state index is 10.4. The largest absolute Gasteiger partial charge is 0.481 e. The highest BCUT2D eigenvalue weighted by Gasteiger charge is 2.08. The minimum absolute atomic E-state index is 0.0322. The zero-order valence-corrected chi connectivity index (χ0v) is 10.0. The molecule has 0 aliphatic heterocycles. The second-order valence-electron chi connectivity index (χ2n) is 3.31. The average molecular weight is 273 g/mol. The fraction of sp³-hybridized carbons (Fsp3) is 0.364. The van der Waals surface area contributed by atoms with Crippen LogP contribution in [-0.4, -0.2) is 17.2 Å². The lowest BCUT2D eigenvalue weighted by atomic mass is 10.2. The molecule has 82 valence electrons. The summed E-state index contributed by atoms with van der Waals surface area (Å²) in [7, 11) is 0. The number of aliphatic carboxylic acids is 1. The van der Waals surface area contributed by atoms with Crippen LogP contribution < -0.4 is 0 Å². The molecule has 3 nitrogen and oxygen atoms in total. The molecule has 0 saturated heterocycles. The Morgan fingerprint density at radius 1 is 1.53 bits per heavy atom. The predicted molar refractivity (Wildman–Crippen MR) is 60.6 cm³/mol. The van der Waals surface area contributed by atoms with Gasteiger partial charge in [0, 0.05) is 4.47 Å². The first-order valence-electron chi connectivity index (χ1n) is 4.66. The molecule has 0 spiro atoms. The van der Waals surface area contributed by atoms with Crippen molar-refractivity contribution in [3.8, 4) is 0 Å². The Hall–Kier alpha value is -0.870. The van der Waals surface area contributed by atoms with Crippen molar-refractivity contribution in [3.05, 3.63) is 34.3 Å². The summed E-state index contributed by atoms with van der Waals surface area (Å²) in [5.74, 6) is -0.838. The topological polar surface area (TPSA) is 46.5 Å². The molecule has 4 heteroatoms. The standard InChI is InChI=1S/C11H13BrO3/c1-8(6-11(13)14)15-7-9-4-2-3-5-10(9)12/h2-5,8H,6-7H2,1H3,(H,13,14)/t8-/m0/s1. The number of hydrogen-bond acceptors (Lipinski definition) is 2. The van der Waals surface area contributed by atoms with Crippen molar-refractivity contribution in [1.29, 1.82) is 0 Å². The quantitative estimate of drug-likeness (QED) is 0.897. The van der Waals surface area contributed by atoms with Crippen molar-refractivity contribution in [2.24, 2.45) is 0 Å². The highest BCUT2D eigenvalue weighted by atomic mass is 79.9. The van der Waals surface area contributed by atoms with Gasteiger partial charge in [0.15, 0.2) is 0 Å². The van der Waals surface area contributed by atoms with Gasteiger partial charge in [-0.3, -0.25) is 4.79 Å². The van der Waals surface area contributed by atoms with Crippen molar-refractivity contribution in [2.75, 3.05) is 0 Å². The zero-order chi connectivity index (χ0) is 11.3. The minimum atomic E-state index is -0.838. The summed E-state index contributed by atoms with van der Waals surface area (Å²) >= 11 is 3.40. The van der Waals surface area contributed by atoms with E-state index in [0.717, 1.165) is 10.0 Å². The molecule has 1 aromatic rings. The minimum Gasteiger partial charge on any atom is -0.481 e. The van der Waals surface area contributed by atoms with Gasteiger partial charge in [-0.2, -0.15) is 0 Å². The van der Waals surface area contributed by atoms with Crippen molar-refractivity contribution >= 4 is 21.9 Å². The van der Waals surface area contributed by atoms with Crippen LogP contribution in [0.5, 0.6) is 0 Å². The first-order valence-corrected chi connectivity index (χ1v) is 5.45. The Bertz CT molecular complexity index is 338. The maximum atomic E-state index is 10.4. The molecule has 0 heterocycles. The van der Waals surface area contributed by atoms with Crippen LogP contribution in [0, 0.1) is 0 Å². The highest BCUT2D eigenvalue weighted by Crippen LogP contribution is 2.17. The number of carboxylic acids is 1. The van der Waals surface area contributed by atoms with E-state index in [1.165, 1.54) is 0 Å². The third-order valence-corrected chi connectivity index (χ3v) is 2.72. The fourth-order valence-corrected chi connectivity index (χ4v) is 1.55. The van der Waals surface area contributed by atoms with Gasteiger partial charge in [0.1, 0.15) is 0 Å². The first kappa shape index (κ1) is 12.2. The summed E-state index contributed by atoms with van der Waals surface area (Å²) in [6.45, 7) is 2.18. The SMILES string of the molecule is C[C@@H](CC(=O)O)OCc1ccccc1Br. The fourth-order valence-electron chi connectivity index (χ4n) is 1.15. The van der Waals surface area contributed by atoms with Crippen molar-refractivity contribution < 1.29 is 14.6 Å². The number of ether oxygens (including phenoxy) is 1. The molecular weight excluding hydrogens is 260 g/mol. The Kier molecular flexibility index (Phi) is 4.78. The van der Waals surface area contributed by atoms with Gasteiger partial charge in [0.2, 0.25) is 0 Å². The molecule has 0 fully saturated rings. The zero-order valence-electron chi connectivity index (χ0n) is 8.44. The summed E-state index contributed by atoms with van der Waals surface area (Å²) in [5, 5.41) is 8.55. The van der Waals surface area contributed by atoms with Crippen LogP contribution in [0.1, 0.15) is 18.9 Å². The van der Waals surface area contributed by atoms with Gasteiger partial charge in [-0.15, -0.1) is 0 Å². The van der Waals surface area contributed by atoms with Crippen molar-refractivity contribution in [1.82, 2.24) is 0 Å². The number of rotatable bonds is 5. The summed E-state index contributed by atoms with van der Waals surface area (Å²) < 4.78 is 6.39. The lowest BCUT2D eigenvalue weighted by Crippen LogP contribution is -2.13. The molecule has 0 radical (unpaired) electrons. The Balaban J connectivity index is 2.43. The van der Waals surface area contributed by atoms with Crippen LogP contribution in [0.3, 0.4) is 0 Å². The van der Waals surface area contributed by atoms with E-state index < -0.39 is 5.97 Å². The number of halogens is 1. The number of carbonyl (C=O) groups is 1. The molecule has 0 saturated carbocycles. The van der Waals surface area contributed by atoms with Gasteiger partial charge in [-0.05, 0) is 18.6 Å². The molecule has 0 unspecified atom stereocenters. The molecule has 1 N–H and O–H groups in total. The van der Waals surface area contributed by atoms with Crippen LogP contribution in [0.25, 0.3) is 0 Å². The third kappa shape index (κ3) is 4.44. The van der Waals surface area contributed by atoms with E-state index in [0.29, 0.717) is 6.61 Å². The molecule has 0 aromatic heterocycles. The number of benzene rings is 1. The van der Waals surface area contributed by atoms with Gasteiger partial charge in [-0.25, -0.2) is 0 Å². The Morgan fingerprint density at radius 3 is 2.80 bits per heavy atom. The van der Waals surface area contributed by atoms with Crippen molar-refractivity contribution in [3.63, 3.8) is 0 Å². The van der Waals surface area contributed by atoms with Crippen LogP contribution in [0.15, 0.2) is 28.7 Å². The Morgan fingerprint density at radius 2 is 2.20 bits per heavy atom. The summed E-state index contributed by atoms with van der Waals surface area (Å²) in [4.78, 5) is 10.4. The Labute approximate surface area is 97.2 Å². The summed E-state index contributed by atoms with van der Waals surface area (Å²) in [5.41, 5.74) is 1.02. The smallest absolute Gasteiger partial charge is 0.305 e. The molecule has 15 heavy (non-hydrogen) atoms. The second kappa shape index (κ2) is 5.88. The van der Waals surface area contributed by atoms with Gasteiger partial charge in [-0.1, -0.05) is 34.1 Å². The van der Waals surface area contributed by atoms with E-state index in [-0.39, 0.29) is 12.5 Å². The van der Waals surface area contributed by atoms with E-state index in [4.69, 9.17) is 9.84 Å². The van der Waals surface area contributed by atoms with E-state index in [9.17, 15) is 4.79 Å². The molecule has 0 amide bonds. The van der Waals surface area contributed by atoms with Gasteiger partial charge in [0.25, 0.3) is 0 Å². The first-order chi connectivity index (χ1) is 7.09. The van der Waals surface area contributed by atoms with Crippen LogP contribution >= 0.6 is 15.9 Å². The molecule has 0 aliphatic rings. The molecular formula is C11H13BrO3. The monoisotopic (exact) mass is 272 g/mol. The lowest BCUT2D eigenvalue weighted by Gasteiger charge is -2.11. The number of hydrogen-bond donors (Lipinski definition) is 1. The molecule has 1 rings (SSSR count). The van der Waals surface area contributed by atoms with E-state index >= 15 is 0 Å². The van der Waals surface area contributed by atoms with Gasteiger partial charge < -0.3 is 9.84 Å². The normalized spacial score (nSPS) is 12.4. The molecule has 1 atom stereocenters. The molecule has 1 aromatic carbocycles. The van der Waals surface area contributed by atoms with Crippen LogP contribution in [-0.2, 0) is 16.1 Å². The second-order valence-corrected chi connectivity index (χ2v) is 4.17. The van der Waals surface area contributed by atoms with E-state index in [1.54, 1.807) is 6.92 Å². The average Bonchev–Trinajstić information content (AvgIpc) is 2.15. The third-order valence-electron chi connectivity index (χ3n) is 1.94. The predicted octanol–water partition coefficient (Wildman–Crippen LogP) is 2.83. The van der Waals surface area contributed by atoms with Crippen LogP contribution in [0.4, 0.5) is 0 Å². The van der Waals surface area contributed by atoms with Gasteiger partial charge in [0.05, 0.1) is 19.1 Å². The summed E-state index contributed by atoms with van der Waals surface area (Å²) in [6, 6.07) is 7.72. The van der Waals surface area contributed by atoms with Gasteiger partial charge >= 0.3 is 5.97 Å². The number of carboxylic acid groups (broad SMARTS) is 1. The lowest BCUT2D eigenvalue weighted by molar-refractivity contribution is -0.140. The molecule has 0 bridgehead atoms.